The van der Waals surface area contributed by atoms with Crippen molar-refractivity contribution in [2.24, 2.45) is 0 Å². The lowest BCUT2D eigenvalue weighted by atomic mass is 10.1. The molecule has 10 heteroatoms. The van der Waals surface area contributed by atoms with Crippen molar-refractivity contribution in [1.82, 2.24) is 14.9 Å². The Hall–Kier alpha value is -2.20. The van der Waals surface area contributed by atoms with Crippen LogP contribution < -0.4 is 14.8 Å². The lowest BCUT2D eigenvalue weighted by Crippen LogP contribution is -2.30. The van der Waals surface area contributed by atoms with Gasteiger partial charge >= 0.3 is 6.03 Å². The smallest absolute Gasteiger partial charge is 0.324 e. The number of carbonyl (C=O) groups excluding carboxylic acids is 2. The van der Waals surface area contributed by atoms with E-state index in [9.17, 15) is 22.4 Å². The van der Waals surface area contributed by atoms with Crippen molar-refractivity contribution in [1.29, 1.82) is 0 Å². The molecular formula is C20H30FN3O5S. The van der Waals surface area contributed by atoms with Crippen molar-refractivity contribution in [3.8, 4) is 5.75 Å². The van der Waals surface area contributed by atoms with Gasteiger partial charge in [-0.2, -0.15) is 0 Å². The fourth-order valence-corrected chi connectivity index (χ4v) is 4.41. The van der Waals surface area contributed by atoms with E-state index in [2.05, 4.69) is 10.0 Å². The summed E-state index contributed by atoms with van der Waals surface area (Å²) in [6.07, 6.45) is 1.64. The van der Waals surface area contributed by atoms with Gasteiger partial charge < -0.3 is 9.64 Å². The SMILES string of the molecule is C[C@@H](NS(=O)(=O)CCCCCN1CC(=O)NC1=O)c1ccc(F)c(OC(C)(C)C)c1. The summed E-state index contributed by atoms with van der Waals surface area (Å²) < 4.78 is 46.9. The van der Waals surface area contributed by atoms with Gasteiger partial charge in [-0.3, -0.25) is 10.1 Å². The third-order valence-electron chi connectivity index (χ3n) is 4.44. The van der Waals surface area contributed by atoms with Crippen molar-refractivity contribution < 1.29 is 27.1 Å². The number of benzene rings is 1. The highest BCUT2D eigenvalue weighted by molar-refractivity contribution is 7.89. The zero-order chi connectivity index (χ0) is 22.5. The van der Waals surface area contributed by atoms with E-state index in [1.165, 1.54) is 23.1 Å². The molecule has 0 aliphatic carbocycles. The number of imide groups is 1. The quantitative estimate of drug-likeness (QED) is 0.427. The molecule has 1 heterocycles. The van der Waals surface area contributed by atoms with Crippen LogP contribution in [0.15, 0.2) is 18.2 Å². The van der Waals surface area contributed by atoms with Crippen LogP contribution in [0.4, 0.5) is 9.18 Å². The summed E-state index contributed by atoms with van der Waals surface area (Å²) in [6, 6.07) is 3.35. The first-order valence-corrected chi connectivity index (χ1v) is 11.6. The molecule has 0 unspecified atom stereocenters. The fraction of sp³-hybridized carbons (Fsp3) is 0.600. The predicted octanol–water partition coefficient (Wildman–Crippen LogP) is 2.71. The zero-order valence-electron chi connectivity index (χ0n) is 17.8. The maximum Gasteiger partial charge on any atom is 0.324 e. The first-order chi connectivity index (χ1) is 13.9. The highest BCUT2D eigenvalue weighted by Crippen LogP contribution is 2.26. The predicted molar refractivity (Wildman–Crippen MR) is 111 cm³/mol. The Bertz CT molecular complexity index is 883. The van der Waals surface area contributed by atoms with E-state index < -0.39 is 33.5 Å². The number of urea groups is 1. The molecule has 30 heavy (non-hydrogen) atoms. The fourth-order valence-electron chi connectivity index (χ4n) is 3.03. The molecule has 0 radical (unpaired) electrons. The van der Waals surface area contributed by atoms with E-state index in [1.807, 2.05) is 0 Å². The van der Waals surface area contributed by atoms with E-state index in [4.69, 9.17) is 4.74 Å². The van der Waals surface area contributed by atoms with Gasteiger partial charge in [-0.15, -0.1) is 0 Å². The molecule has 1 aromatic rings. The molecule has 1 atom stereocenters. The summed E-state index contributed by atoms with van der Waals surface area (Å²) >= 11 is 0. The minimum absolute atomic E-state index is 0.0504. The van der Waals surface area contributed by atoms with E-state index in [1.54, 1.807) is 27.7 Å². The van der Waals surface area contributed by atoms with Crippen LogP contribution in [-0.4, -0.2) is 49.7 Å². The van der Waals surface area contributed by atoms with Crippen LogP contribution in [0.25, 0.3) is 0 Å². The van der Waals surface area contributed by atoms with Crippen LogP contribution in [0, 0.1) is 5.82 Å². The number of halogens is 1. The number of nitrogens with one attached hydrogen (secondary N) is 2. The lowest BCUT2D eigenvalue weighted by molar-refractivity contribution is -0.118. The lowest BCUT2D eigenvalue weighted by Gasteiger charge is -2.23. The Balaban J connectivity index is 1.82. The second-order valence-electron chi connectivity index (χ2n) is 8.40. The number of sulfonamides is 1. The summed E-state index contributed by atoms with van der Waals surface area (Å²) in [6.45, 7) is 7.56. The molecule has 3 amide bonds. The van der Waals surface area contributed by atoms with Gasteiger partial charge in [0, 0.05) is 12.6 Å². The average Bonchev–Trinajstić information content (AvgIpc) is 2.92. The van der Waals surface area contributed by atoms with E-state index in [-0.39, 0.29) is 24.0 Å². The maximum atomic E-state index is 14.0. The standard InChI is InChI=1S/C20H30FN3O5S/c1-14(15-8-9-16(21)17(12-15)29-20(2,3)4)23-30(27,28)11-7-5-6-10-24-13-18(25)22-19(24)26/h8-9,12,14,23H,5-7,10-11,13H2,1-4H3,(H,22,25,26)/t14-/m1/s1. The number of hydrogen-bond acceptors (Lipinski definition) is 5. The number of ether oxygens (including phenoxy) is 1. The summed E-state index contributed by atoms with van der Waals surface area (Å²) in [7, 11) is -3.54. The third kappa shape index (κ3) is 7.56. The van der Waals surface area contributed by atoms with Crippen molar-refractivity contribution in [3.05, 3.63) is 29.6 Å². The largest absolute Gasteiger partial charge is 0.485 e. The minimum Gasteiger partial charge on any atom is -0.485 e. The van der Waals surface area contributed by atoms with Crippen LogP contribution in [0.5, 0.6) is 5.75 Å². The molecule has 1 aromatic carbocycles. The van der Waals surface area contributed by atoms with Gasteiger partial charge in [0.25, 0.3) is 0 Å². The molecular weight excluding hydrogens is 413 g/mol. The second-order valence-corrected chi connectivity index (χ2v) is 10.3. The molecule has 1 aliphatic rings. The molecule has 8 nitrogen and oxygen atoms in total. The van der Waals surface area contributed by atoms with Gasteiger partial charge in [0.15, 0.2) is 11.6 Å². The van der Waals surface area contributed by atoms with Crippen molar-refractivity contribution in [2.75, 3.05) is 18.8 Å². The first-order valence-electron chi connectivity index (χ1n) is 9.93. The van der Waals surface area contributed by atoms with Gasteiger partial charge in [-0.25, -0.2) is 22.3 Å². The normalized spacial score (nSPS) is 16.0. The van der Waals surface area contributed by atoms with Gasteiger partial charge in [0.05, 0.1) is 5.75 Å². The molecule has 1 fully saturated rings. The molecule has 2 N–H and O–H groups in total. The molecule has 0 bridgehead atoms. The molecule has 2 rings (SSSR count). The van der Waals surface area contributed by atoms with Crippen LogP contribution in [-0.2, 0) is 14.8 Å². The molecule has 168 valence electrons. The van der Waals surface area contributed by atoms with E-state index in [0.717, 1.165) is 0 Å². The number of hydrogen-bond donors (Lipinski definition) is 2. The molecule has 0 aromatic heterocycles. The molecule has 1 aliphatic heterocycles. The molecule has 1 saturated heterocycles. The van der Waals surface area contributed by atoms with E-state index in [0.29, 0.717) is 31.4 Å². The molecule has 0 spiro atoms. The second kappa shape index (κ2) is 9.74. The van der Waals surface area contributed by atoms with Crippen molar-refractivity contribution in [2.45, 2.75) is 58.6 Å². The Morgan fingerprint density at radius 1 is 1.23 bits per heavy atom. The first kappa shape index (κ1) is 24.1. The summed E-state index contributed by atoms with van der Waals surface area (Å²) in [5.41, 5.74) is 0.0227. The highest BCUT2D eigenvalue weighted by atomic mass is 32.2. The Morgan fingerprint density at radius 3 is 2.53 bits per heavy atom. The number of amides is 3. The summed E-state index contributed by atoms with van der Waals surface area (Å²) in [5.74, 6) is -0.806. The van der Waals surface area contributed by atoms with Crippen molar-refractivity contribution >= 4 is 22.0 Å². The van der Waals surface area contributed by atoms with Gasteiger partial charge in [0.2, 0.25) is 15.9 Å². The zero-order valence-corrected chi connectivity index (χ0v) is 18.6. The number of unbranched alkanes of at least 4 members (excludes halogenated alkanes) is 2. The maximum absolute atomic E-state index is 14.0. The minimum atomic E-state index is -3.54. The number of carbonyl (C=O) groups is 2. The van der Waals surface area contributed by atoms with Crippen molar-refractivity contribution in [3.63, 3.8) is 0 Å². The van der Waals surface area contributed by atoms with E-state index >= 15 is 0 Å². The third-order valence-corrected chi connectivity index (χ3v) is 5.98. The van der Waals surface area contributed by atoms with Crippen LogP contribution in [0.1, 0.15) is 58.6 Å². The monoisotopic (exact) mass is 443 g/mol. The Morgan fingerprint density at radius 2 is 1.93 bits per heavy atom. The van der Waals surface area contributed by atoms with Crippen LogP contribution in [0.3, 0.4) is 0 Å². The average molecular weight is 444 g/mol. The summed E-state index contributed by atoms with van der Waals surface area (Å²) in [5, 5.41) is 2.20. The van der Waals surface area contributed by atoms with Crippen LogP contribution >= 0.6 is 0 Å². The summed E-state index contributed by atoms with van der Waals surface area (Å²) in [4.78, 5) is 24.0. The number of nitrogens with zero attached hydrogens (tertiary/aromatic N) is 1. The van der Waals surface area contributed by atoms with Crippen LogP contribution in [0.2, 0.25) is 0 Å². The highest BCUT2D eigenvalue weighted by Gasteiger charge is 2.25. The molecule has 0 saturated carbocycles. The Labute approximate surface area is 177 Å². The number of rotatable bonds is 10. The Kier molecular flexibility index (Phi) is 7.81. The van der Waals surface area contributed by atoms with Gasteiger partial charge in [0.1, 0.15) is 12.1 Å². The van der Waals surface area contributed by atoms with Gasteiger partial charge in [-0.05, 0) is 58.2 Å². The van der Waals surface area contributed by atoms with Gasteiger partial charge in [-0.1, -0.05) is 12.5 Å². The topological polar surface area (TPSA) is 105 Å².